The molecule has 1 N–H and O–H groups in total. The van der Waals surface area contributed by atoms with E-state index < -0.39 is 35.1 Å². The van der Waals surface area contributed by atoms with Crippen LogP contribution < -0.4 is 0 Å². The molecule has 1 amide bonds. The average molecular weight is 460 g/mol. The number of ether oxygens (including phenoxy) is 3. The lowest BCUT2D eigenvalue weighted by Gasteiger charge is -2.52. The fourth-order valence-electron chi connectivity index (χ4n) is 7.51. The van der Waals surface area contributed by atoms with E-state index in [0.29, 0.717) is 11.5 Å². The van der Waals surface area contributed by atoms with Gasteiger partial charge in [-0.25, -0.2) is 4.79 Å². The van der Waals surface area contributed by atoms with Crippen LogP contribution in [0.25, 0.3) is 0 Å². The molecular formula is C26H37NO6. The molecule has 4 aliphatic carbocycles. The smallest absolute Gasteiger partial charge is 0.409 e. The number of fused-ring (bicyclic) bond motifs is 5. The van der Waals surface area contributed by atoms with Gasteiger partial charge in [0.1, 0.15) is 6.10 Å². The SMILES string of the molecule is CC1=C[C@]23C(=O)[C@@H](C=C4COC(C)(C)O[C@H]4[C@]2(O)[C@H]1OC(=O)N(C)C)[C@H]1[C@@H](C[C@H]3C)C1(C)C. The van der Waals surface area contributed by atoms with Gasteiger partial charge in [0.05, 0.1) is 12.0 Å². The largest absolute Gasteiger partial charge is 0.438 e. The normalized spacial score (nSPS) is 46.5. The Morgan fingerprint density at radius 1 is 1.24 bits per heavy atom. The van der Waals surface area contributed by atoms with Crippen molar-refractivity contribution in [2.75, 3.05) is 20.7 Å². The molecule has 1 saturated heterocycles. The number of nitrogens with zero attached hydrogens (tertiary/aromatic N) is 1. The zero-order valence-corrected chi connectivity index (χ0v) is 21.0. The van der Waals surface area contributed by atoms with Crippen molar-refractivity contribution in [3.8, 4) is 0 Å². The van der Waals surface area contributed by atoms with E-state index in [-0.39, 0.29) is 35.6 Å². The summed E-state index contributed by atoms with van der Waals surface area (Å²) >= 11 is 0. The lowest BCUT2D eigenvalue weighted by atomic mass is 9.59. The van der Waals surface area contributed by atoms with E-state index in [2.05, 4.69) is 20.8 Å². The lowest BCUT2D eigenvalue weighted by molar-refractivity contribution is -0.303. The molecule has 8 atom stereocenters. The van der Waals surface area contributed by atoms with E-state index in [1.54, 1.807) is 14.1 Å². The summed E-state index contributed by atoms with van der Waals surface area (Å²) in [5.41, 5.74) is -1.45. The maximum atomic E-state index is 14.5. The van der Waals surface area contributed by atoms with Gasteiger partial charge in [-0.1, -0.05) is 32.9 Å². The Bertz CT molecular complexity index is 979. The standard InChI is InChI=1S/C26H37NO6/c1-13-11-25-14(2)9-17-18(23(17,3)4)16(19(25)28)10-15-12-31-24(5,6)33-21(15)26(25,30)20(13)32-22(29)27(7)8/h10-11,14,16-18,20-21,30H,9,12H2,1-8H3/t14-,16+,17-,18+,20+,21-,25+,26-/m1/s1. The number of carbonyl (C=O) groups excluding carboxylic acids is 2. The summed E-state index contributed by atoms with van der Waals surface area (Å²) in [7, 11) is 3.21. The van der Waals surface area contributed by atoms with Crippen molar-refractivity contribution < 1.29 is 28.9 Å². The summed E-state index contributed by atoms with van der Waals surface area (Å²) < 4.78 is 18.3. The minimum Gasteiger partial charge on any atom is -0.438 e. The third-order valence-electron chi connectivity index (χ3n) is 9.25. The minimum absolute atomic E-state index is 0.0154. The van der Waals surface area contributed by atoms with Gasteiger partial charge in [-0.2, -0.15) is 0 Å². The molecule has 0 aromatic carbocycles. The maximum Gasteiger partial charge on any atom is 0.409 e. The summed E-state index contributed by atoms with van der Waals surface area (Å²) in [6, 6.07) is 0. The van der Waals surface area contributed by atoms with Crippen LogP contribution in [0, 0.1) is 34.5 Å². The van der Waals surface area contributed by atoms with Crippen molar-refractivity contribution in [1.82, 2.24) is 4.90 Å². The van der Waals surface area contributed by atoms with Gasteiger partial charge in [0, 0.05) is 20.0 Å². The second kappa shape index (κ2) is 6.70. The first-order valence-corrected chi connectivity index (χ1v) is 12.0. The molecule has 1 aliphatic heterocycles. The van der Waals surface area contributed by atoms with Crippen molar-refractivity contribution in [2.24, 2.45) is 34.5 Å². The second-order valence-corrected chi connectivity index (χ2v) is 12.1. The van der Waals surface area contributed by atoms with Crippen LogP contribution >= 0.6 is 0 Å². The lowest BCUT2D eigenvalue weighted by Crippen LogP contribution is -2.68. The van der Waals surface area contributed by atoms with Crippen molar-refractivity contribution in [3.05, 3.63) is 23.3 Å². The van der Waals surface area contributed by atoms with E-state index in [9.17, 15) is 14.7 Å². The number of rotatable bonds is 1. The van der Waals surface area contributed by atoms with Gasteiger partial charge in [0.15, 0.2) is 23.3 Å². The fraction of sp³-hybridized carbons (Fsp3) is 0.769. The van der Waals surface area contributed by atoms with E-state index in [1.165, 1.54) is 4.90 Å². The Morgan fingerprint density at radius 2 is 1.91 bits per heavy atom. The Kier molecular flexibility index (Phi) is 4.68. The molecule has 0 radical (unpaired) electrons. The van der Waals surface area contributed by atoms with Gasteiger partial charge in [-0.3, -0.25) is 4.79 Å². The Morgan fingerprint density at radius 3 is 2.55 bits per heavy atom. The molecule has 33 heavy (non-hydrogen) atoms. The average Bonchev–Trinajstić information content (AvgIpc) is 3.20. The van der Waals surface area contributed by atoms with Crippen molar-refractivity contribution >= 4 is 11.9 Å². The van der Waals surface area contributed by atoms with E-state index in [1.807, 2.05) is 32.9 Å². The zero-order valence-electron chi connectivity index (χ0n) is 21.0. The van der Waals surface area contributed by atoms with Crippen LogP contribution in [0.3, 0.4) is 0 Å². The monoisotopic (exact) mass is 459 g/mol. The number of hydrogen-bond donors (Lipinski definition) is 1. The molecular weight excluding hydrogens is 422 g/mol. The van der Waals surface area contributed by atoms with Gasteiger partial charge >= 0.3 is 6.09 Å². The zero-order chi connectivity index (χ0) is 24.3. The molecule has 1 heterocycles. The molecule has 2 bridgehead atoms. The van der Waals surface area contributed by atoms with Gasteiger partial charge in [-0.15, -0.1) is 0 Å². The van der Waals surface area contributed by atoms with Crippen LogP contribution in [-0.4, -0.2) is 66.2 Å². The van der Waals surface area contributed by atoms with Gasteiger partial charge in [-0.05, 0) is 61.5 Å². The Balaban J connectivity index is 1.73. The van der Waals surface area contributed by atoms with Crippen LogP contribution in [0.15, 0.2) is 23.3 Å². The van der Waals surface area contributed by atoms with Crippen LogP contribution in [0.2, 0.25) is 0 Å². The Labute approximate surface area is 196 Å². The quantitative estimate of drug-likeness (QED) is 0.606. The molecule has 1 spiro atoms. The molecule has 7 nitrogen and oxygen atoms in total. The second-order valence-electron chi connectivity index (χ2n) is 12.1. The van der Waals surface area contributed by atoms with Crippen LogP contribution in [0.1, 0.15) is 48.0 Å². The topological polar surface area (TPSA) is 85.3 Å². The summed E-state index contributed by atoms with van der Waals surface area (Å²) in [5.74, 6) is -0.793. The predicted octanol–water partition coefficient (Wildman–Crippen LogP) is 3.32. The summed E-state index contributed by atoms with van der Waals surface area (Å²) in [6.07, 6.45) is 2.36. The van der Waals surface area contributed by atoms with Crippen LogP contribution in [-0.2, 0) is 19.0 Å². The van der Waals surface area contributed by atoms with E-state index in [0.717, 1.165) is 12.0 Å². The number of Topliss-reactive ketones (excluding diaryl/α,β-unsaturated/α-hetero) is 1. The van der Waals surface area contributed by atoms with Crippen LogP contribution in [0.5, 0.6) is 0 Å². The highest BCUT2D eigenvalue weighted by Crippen LogP contribution is 2.72. The number of amides is 1. The minimum atomic E-state index is -1.76. The number of allylic oxidation sites excluding steroid dienone is 1. The number of hydrogen-bond acceptors (Lipinski definition) is 6. The maximum absolute atomic E-state index is 14.5. The fourth-order valence-corrected chi connectivity index (χ4v) is 7.51. The number of ketones is 1. The number of aliphatic hydroxyl groups is 1. The molecule has 0 aromatic rings. The van der Waals surface area contributed by atoms with Crippen molar-refractivity contribution in [2.45, 2.75) is 71.6 Å². The third kappa shape index (κ3) is 2.79. The number of carbonyl (C=O) groups is 2. The van der Waals surface area contributed by atoms with Crippen molar-refractivity contribution in [3.63, 3.8) is 0 Å². The molecule has 2 saturated carbocycles. The first kappa shape index (κ1) is 23.1. The van der Waals surface area contributed by atoms with Gasteiger partial charge in [0.25, 0.3) is 0 Å². The van der Waals surface area contributed by atoms with Crippen molar-refractivity contribution in [1.29, 1.82) is 0 Å². The Hall–Kier alpha value is -1.70. The molecule has 0 aromatic heterocycles. The molecule has 0 unspecified atom stereocenters. The highest BCUT2D eigenvalue weighted by Gasteiger charge is 2.77. The highest BCUT2D eigenvalue weighted by molar-refractivity contribution is 5.95. The summed E-state index contributed by atoms with van der Waals surface area (Å²) in [4.78, 5) is 28.5. The van der Waals surface area contributed by atoms with Gasteiger partial charge < -0.3 is 24.2 Å². The molecule has 182 valence electrons. The van der Waals surface area contributed by atoms with Crippen LogP contribution in [0.4, 0.5) is 4.79 Å². The highest BCUT2D eigenvalue weighted by atomic mass is 16.7. The summed E-state index contributed by atoms with van der Waals surface area (Å²) in [5, 5.41) is 12.8. The molecule has 7 heteroatoms. The van der Waals surface area contributed by atoms with E-state index >= 15 is 0 Å². The van der Waals surface area contributed by atoms with Gasteiger partial charge in [0.2, 0.25) is 0 Å². The molecule has 5 aliphatic rings. The van der Waals surface area contributed by atoms with E-state index in [4.69, 9.17) is 14.2 Å². The predicted molar refractivity (Wildman–Crippen MR) is 121 cm³/mol. The molecule has 3 fully saturated rings. The first-order valence-electron chi connectivity index (χ1n) is 12.0. The summed E-state index contributed by atoms with van der Waals surface area (Å²) in [6.45, 7) is 12.3. The third-order valence-corrected chi connectivity index (χ3v) is 9.25. The first-order chi connectivity index (χ1) is 15.2. The molecule has 5 rings (SSSR count).